The summed E-state index contributed by atoms with van der Waals surface area (Å²) in [6.07, 6.45) is -0.0627. The number of rotatable bonds is 14. The van der Waals surface area contributed by atoms with Crippen molar-refractivity contribution in [2.45, 2.75) is 40.0 Å². The average molecular weight is 572 g/mol. The molecular formula is C25H38IN3O4. The molecule has 2 N–H and O–H groups in total. The van der Waals surface area contributed by atoms with Crippen LogP contribution in [0.4, 0.5) is 0 Å². The Morgan fingerprint density at radius 2 is 1.67 bits per heavy atom. The zero-order valence-corrected chi connectivity index (χ0v) is 22.5. The van der Waals surface area contributed by atoms with Gasteiger partial charge < -0.3 is 29.6 Å². The highest BCUT2D eigenvalue weighted by atomic mass is 127. The Balaban J connectivity index is 0.00000544. The Hall–Kier alpha value is -2.04. The number of guanidine groups is 1. The van der Waals surface area contributed by atoms with Crippen molar-refractivity contribution in [3.05, 3.63) is 59.7 Å². The van der Waals surface area contributed by atoms with Crippen LogP contribution in [-0.2, 0) is 22.6 Å². The van der Waals surface area contributed by atoms with Gasteiger partial charge in [0.15, 0.2) is 17.5 Å². The van der Waals surface area contributed by atoms with Crippen LogP contribution in [0.3, 0.4) is 0 Å². The van der Waals surface area contributed by atoms with Crippen LogP contribution < -0.4 is 20.1 Å². The van der Waals surface area contributed by atoms with E-state index in [1.165, 1.54) is 0 Å². The minimum Gasteiger partial charge on any atom is -0.493 e. The number of para-hydroxylation sites is 2. The van der Waals surface area contributed by atoms with E-state index in [2.05, 4.69) is 28.8 Å². The van der Waals surface area contributed by atoms with Gasteiger partial charge in [-0.15, -0.1) is 24.0 Å². The molecule has 2 aromatic carbocycles. The smallest absolute Gasteiger partial charge is 0.191 e. The molecule has 0 aliphatic rings. The summed E-state index contributed by atoms with van der Waals surface area (Å²) in [4.78, 5) is 4.71. The van der Waals surface area contributed by atoms with Crippen LogP contribution in [0, 0.1) is 0 Å². The van der Waals surface area contributed by atoms with E-state index in [4.69, 9.17) is 23.9 Å². The molecular weight excluding hydrogens is 533 g/mol. The van der Waals surface area contributed by atoms with Crippen molar-refractivity contribution >= 4 is 29.9 Å². The van der Waals surface area contributed by atoms with Gasteiger partial charge in [0.05, 0.1) is 40.0 Å². The fraction of sp³-hybridized carbons (Fsp3) is 0.480. The third-order valence-electron chi connectivity index (χ3n) is 4.55. The molecule has 0 amide bonds. The second-order valence-corrected chi connectivity index (χ2v) is 7.22. The molecule has 184 valence electrons. The minimum absolute atomic E-state index is 0. The molecule has 0 spiro atoms. The maximum Gasteiger partial charge on any atom is 0.191 e. The molecule has 0 aliphatic heterocycles. The monoisotopic (exact) mass is 571 g/mol. The van der Waals surface area contributed by atoms with Crippen molar-refractivity contribution in [2.24, 2.45) is 4.99 Å². The number of nitrogens with one attached hydrogen (secondary N) is 2. The Labute approximate surface area is 215 Å². The summed E-state index contributed by atoms with van der Waals surface area (Å²) in [6, 6.07) is 15.9. The van der Waals surface area contributed by atoms with E-state index in [1.807, 2.05) is 51.1 Å². The first-order valence-electron chi connectivity index (χ1n) is 11.2. The summed E-state index contributed by atoms with van der Waals surface area (Å²) in [5.41, 5.74) is 2.26. The van der Waals surface area contributed by atoms with Gasteiger partial charge >= 0.3 is 0 Å². The molecule has 0 radical (unpaired) electrons. The fourth-order valence-electron chi connectivity index (χ4n) is 3.00. The van der Waals surface area contributed by atoms with Crippen molar-refractivity contribution in [2.75, 3.05) is 40.0 Å². The Bertz CT molecular complexity index is 820. The molecule has 0 aliphatic carbocycles. The number of ether oxygens (including phenoxy) is 4. The summed E-state index contributed by atoms with van der Waals surface area (Å²) in [6.45, 7) is 10.5. The predicted molar refractivity (Wildman–Crippen MR) is 144 cm³/mol. The second kappa shape index (κ2) is 17.4. The maximum absolute atomic E-state index is 6.01. The molecule has 7 nitrogen and oxygen atoms in total. The predicted octanol–water partition coefficient (Wildman–Crippen LogP) is 4.39. The van der Waals surface area contributed by atoms with Crippen LogP contribution in [0.5, 0.6) is 11.5 Å². The Morgan fingerprint density at radius 1 is 0.939 bits per heavy atom. The summed E-state index contributed by atoms with van der Waals surface area (Å²) < 4.78 is 22.3. The van der Waals surface area contributed by atoms with Gasteiger partial charge in [-0.05, 0) is 44.0 Å². The molecule has 33 heavy (non-hydrogen) atoms. The highest BCUT2D eigenvalue weighted by Gasteiger charge is 2.09. The number of nitrogens with zero attached hydrogens (tertiary/aromatic N) is 1. The lowest BCUT2D eigenvalue weighted by atomic mass is 10.1. The molecule has 8 heteroatoms. The molecule has 0 saturated carbocycles. The van der Waals surface area contributed by atoms with E-state index in [0.29, 0.717) is 39.5 Å². The van der Waals surface area contributed by atoms with Gasteiger partial charge in [-0.3, -0.25) is 0 Å². The summed E-state index contributed by atoms with van der Waals surface area (Å²) in [7, 11) is 1.64. The number of aliphatic imine (C=N–C) groups is 1. The Kier molecular flexibility index (Phi) is 15.3. The number of benzene rings is 2. The quantitative estimate of drug-likeness (QED) is 0.152. The zero-order chi connectivity index (χ0) is 23.0. The maximum atomic E-state index is 6.01. The van der Waals surface area contributed by atoms with Crippen LogP contribution >= 0.6 is 24.0 Å². The minimum atomic E-state index is -0.0627. The zero-order valence-electron chi connectivity index (χ0n) is 20.1. The second-order valence-electron chi connectivity index (χ2n) is 7.22. The van der Waals surface area contributed by atoms with Gasteiger partial charge in [0.2, 0.25) is 0 Å². The average Bonchev–Trinajstić information content (AvgIpc) is 2.81. The van der Waals surface area contributed by atoms with Gasteiger partial charge in [-0.1, -0.05) is 36.4 Å². The van der Waals surface area contributed by atoms with E-state index in [1.54, 1.807) is 7.11 Å². The molecule has 2 rings (SSSR count). The number of halogens is 1. The number of hydrogen-bond donors (Lipinski definition) is 2. The first-order chi connectivity index (χ1) is 15.7. The van der Waals surface area contributed by atoms with E-state index in [-0.39, 0.29) is 30.1 Å². The van der Waals surface area contributed by atoms with Crippen LogP contribution in [-0.4, -0.2) is 52.1 Å². The summed E-state index contributed by atoms with van der Waals surface area (Å²) in [5, 5.41) is 6.63. The SMILES string of the molecule is CCNC(=NCc1cccc(COCCOCC)c1)NCC(C)Oc1ccccc1OC.I. The normalized spacial score (nSPS) is 11.9. The lowest BCUT2D eigenvalue weighted by Crippen LogP contribution is -2.41. The topological polar surface area (TPSA) is 73.3 Å². The van der Waals surface area contributed by atoms with Crippen LogP contribution in [0.15, 0.2) is 53.5 Å². The molecule has 0 aromatic heterocycles. The third-order valence-corrected chi connectivity index (χ3v) is 4.55. The molecule has 0 fully saturated rings. The third kappa shape index (κ3) is 11.6. The highest BCUT2D eigenvalue weighted by Crippen LogP contribution is 2.26. The van der Waals surface area contributed by atoms with Crippen molar-refractivity contribution in [3.63, 3.8) is 0 Å². The Morgan fingerprint density at radius 3 is 2.39 bits per heavy atom. The first-order valence-corrected chi connectivity index (χ1v) is 11.2. The van der Waals surface area contributed by atoms with Crippen molar-refractivity contribution in [3.8, 4) is 11.5 Å². The number of methoxy groups -OCH3 is 1. The van der Waals surface area contributed by atoms with Gasteiger partial charge in [-0.2, -0.15) is 0 Å². The highest BCUT2D eigenvalue weighted by molar-refractivity contribution is 14.0. The molecule has 2 aromatic rings. The summed E-state index contributed by atoms with van der Waals surface area (Å²) in [5.74, 6) is 2.20. The van der Waals surface area contributed by atoms with Crippen LogP contribution in [0.25, 0.3) is 0 Å². The lowest BCUT2D eigenvalue weighted by molar-refractivity contribution is 0.0453. The molecule has 0 heterocycles. The van der Waals surface area contributed by atoms with Crippen molar-refractivity contribution in [1.82, 2.24) is 10.6 Å². The van der Waals surface area contributed by atoms with Crippen LogP contribution in [0.1, 0.15) is 31.9 Å². The molecule has 0 saturated heterocycles. The lowest BCUT2D eigenvalue weighted by Gasteiger charge is -2.19. The molecule has 0 bridgehead atoms. The first kappa shape index (κ1) is 29.0. The summed E-state index contributed by atoms with van der Waals surface area (Å²) >= 11 is 0. The van der Waals surface area contributed by atoms with Crippen LogP contribution in [0.2, 0.25) is 0 Å². The van der Waals surface area contributed by atoms with Gasteiger partial charge in [-0.25, -0.2) is 4.99 Å². The van der Waals surface area contributed by atoms with Crippen molar-refractivity contribution in [1.29, 1.82) is 0 Å². The van der Waals surface area contributed by atoms with E-state index in [9.17, 15) is 0 Å². The van der Waals surface area contributed by atoms with E-state index < -0.39 is 0 Å². The van der Waals surface area contributed by atoms with Crippen molar-refractivity contribution < 1.29 is 18.9 Å². The fourth-order valence-corrected chi connectivity index (χ4v) is 3.00. The van der Waals surface area contributed by atoms with E-state index in [0.717, 1.165) is 35.1 Å². The largest absolute Gasteiger partial charge is 0.493 e. The van der Waals surface area contributed by atoms with Gasteiger partial charge in [0.1, 0.15) is 6.10 Å². The van der Waals surface area contributed by atoms with E-state index >= 15 is 0 Å². The molecule has 1 atom stereocenters. The molecule has 1 unspecified atom stereocenters. The van der Waals surface area contributed by atoms with Gasteiger partial charge in [0, 0.05) is 13.2 Å². The van der Waals surface area contributed by atoms with Gasteiger partial charge in [0.25, 0.3) is 0 Å². The number of hydrogen-bond acceptors (Lipinski definition) is 5. The standard InChI is InChI=1S/C25H37N3O4.HI/c1-5-26-25(27-17-20(3)32-24-13-8-7-12-23(24)29-4)28-18-21-10-9-11-22(16-21)19-31-15-14-30-6-2;/h7-13,16,20H,5-6,14-15,17-19H2,1-4H3,(H2,26,27,28);1H.